The number of aromatic nitrogens is 2. The van der Waals surface area contributed by atoms with Crippen LogP contribution in [0, 0.1) is 0 Å². The molecule has 0 bridgehead atoms. The number of hydrogen-bond donors (Lipinski definition) is 1. The van der Waals surface area contributed by atoms with Crippen LogP contribution in [0.25, 0.3) is 0 Å². The molecule has 0 unspecified atom stereocenters. The van der Waals surface area contributed by atoms with Gasteiger partial charge in [0.15, 0.2) is 0 Å². The zero-order valence-electron chi connectivity index (χ0n) is 14.1. The van der Waals surface area contributed by atoms with E-state index >= 15 is 0 Å². The molecule has 126 valence electrons. The summed E-state index contributed by atoms with van der Waals surface area (Å²) in [6, 6.07) is -0.509. The van der Waals surface area contributed by atoms with E-state index < -0.39 is 18.0 Å². The Bertz CT molecular complexity index is 491. The predicted molar refractivity (Wildman–Crippen MR) is 79.9 cm³/mol. The first-order valence-corrected chi connectivity index (χ1v) is 6.78. The number of nitrogens with zero attached hydrogens (tertiary/aromatic N) is 4. The van der Waals surface area contributed by atoms with E-state index in [0.717, 1.165) is 5.69 Å². The van der Waals surface area contributed by atoms with Crippen LogP contribution in [0.15, 0.2) is 12.5 Å². The summed E-state index contributed by atoms with van der Waals surface area (Å²) in [5.41, 5.74) is 0.800. The molecule has 1 aromatic heterocycles. The maximum Gasteiger partial charge on any atom is 0.321 e. The number of carboxylic acids is 2. The summed E-state index contributed by atoms with van der Waals surface area (Å²) < 4.78 is 2.23. The maximum absolute atomic E-state index is 10.9. The first kappa shape index (κ1) is 20.1. The molecular formula is C14H26N4O4. The molecule has 1 rings (SSSR count). The number of carbonyl (C=O) groups excluding carboxylic acids is 1. The lowest BCUT2D eigenvalue weighted by Crippen LogP contribution is -2.45. The number of quaternary nitrogens is 1. The zero-order valence-corrected chi connectivity index (χ0v) is 14.1. The highest BCUT2D eigenvalue weighted by atomic mass is 16.4. The summed E-state index contributed by atoms with van der Waals surface area (Å²) in [6.07, 6.45) is 3.94. The number of hydrogen-bond acceptors (Lipinski definition) is 5. The van der Waals surface area contributed by atoms with Crippen LogP contribution in [-0.4, -0.2) is 83.8 Å². The predicted octanol–water partition coefficient (Wildman–Crippen LogP) is -1.58. The van der Waals surface area contributed by atoms with Gasteiger partial charge in [-0.1, -0.05) is 0 Å². The summed E-state index contributed by atoms with van der Waals surface area (Å²) in [5.74, 6) is -1.82. The molecule has 8 nitrogen and oxygen atoms in total. The molecule has 0 aliphatic heterocycles. The van der Waals surface area contributed by atoms with E-state index in [0.29, 0.717) is 10.9 Å². The highest BCUT2D eigenvalue weighted by Gasteiger charge is 2.20. The molecule has 0 aliphatic carbocycles. The van der Waals surface area contributed by atoms with Gasteiger partial charge in [-0.3, -0.25) is 9.69 Å². The Morgan fingerprint density at radius 3 is 2.18 bits per heavy atom. The summed E-state index contributed by atoms with van der Waals surface area (Å²) in [5, 5.41) is 18.8. The molecule has 0 spiro atoms. The fraction of sp³-hybridized carbons (Fsp3) is 0.643. The van der Waals surface area contributed by atoms with Crippen molar-refractivity contribution in [2.45, 2.75) is 12.5 Å². The lowest BCUT2D eigenvalue weighted by atomic mass is 10.1. The molecule has 0 saturated carbocycles. The SMILES string of the molecule is CN(C)[C@@H](Cc1cn(C)cn1)C(=O)O.C[N+](C)(C)CC(=O)[O-]. The fourth-order valence-corrected chi connectivity index (χ4v) is 1.65. The lowest BCUT2D eigenvalue weighted by molar-refractivity contribution is -0.864. The third kappa shape index (κ3) is 9.09. The monoisotopic (exact) mass is 314 g/mol. The van der Waals surface area contributed by atoms with Gasteiger partial charge in [0.25, 0.3) is 0 Å². The van der Waals surface area contributed by atoms with Gasteiger partial charge < -0.3 is 24.1 Å². The van der Waals surface area contributed by atoms with E-state index in [2.05, 4.69) is 4.98 Å². The molecule has 0 radical (unpaired) electrons. The Morgan fingerprint density at radius 2 is 1.95 bits per heavy atom. The second-order valence-corrected chi connectivity index (χ2v) is 6.37. The Hall–Kier alpha value is -1.93. The van der Waals surface area contributed by atoms with Gasteiger partial charge in [-0.05, 0) is 14.1 Å². The smallest absolute Gasteiger partial charge is 0.321 e. The van der Waals surface area contributed by atoms with Crippen molar-refractivity contribution in [1.82, 2.24) is 14.5 Å². The van der Waals surface area contributed by atoms with Crippen LogP contribution in [0.4, 0.5) is 0 Å². The molecule has 0 saturated heterocycles. The highest BCUT2D eigenvalue weighted by Crippen LogP contribution is 2.04. The number of imidazole rings is 1. The second kappa shape index (κ2) is 8.50. The largest absolute Gasteiger partial charge is 0.544 e. The third-order valence-corrected chi connectivity index (χ3v) is 2.67. The molecule has 0 aliphatic rings. The lowest BCUT2D eigenvalue weighted by Gasteiger charge is -2.23. The minimum absolute atomic E-state index is 0.0694. The quantitative estimate of drug-likeness (QED) is 0.636. The van der Waals surface area contributed by atoms with E-state index in [1.807, 2.05) is 17.8 Å². The van der Waals surface area contributed by atoms with Gasteiger partial charge >= 0.3 is 5.97 Å². The molecule has 0 aromatic carbocycles. The van der Waals surface area contributed by atoms with Crippen LogP contribution in [-0.2, 0) is 23.1 Å². The van der Waals surface area contributed by atoms with Crippen molar-refractivity contribution in [3.63, 3.8) is 0 Å². The average molecular weight is 314 g/mol. The molecule has 0 fully saturated rings. The number of likely N-dealkylation sites (N-methyl/N-ethyl adjacent to an activating group) is 2. The average Bonchev–Trinajstić information content (AvgIpc) is 2.68. The first-order valence-electron chi connectivity index (χ1n) is 6.78. The van der Waals surface area contributed by atoms with Crippen molar-refractivity contribution in [3.8, 4) is 0 Å². The van der Waals surface area contributed by atoms with E-state index in [1.54, 1.807) is 46.5 Å². The molecule has 1 N–H and O–H groups in total. The van der Waals surface area contributed by atoms with Gasteiger partial charge in [0.2, 0.25) is 0 Å². The van der Waals surface area contributed by atoms with Crippen LogP contribution >= 0.6 is 0 Å². The standard InChI is InChI=1S/C9H15N3O2.C5H11NO2/c1-11(2)8(9(13)14)4-7-5-12(3)6-10-7;1-6(2,3)4-5(7)8/h5-6,8H,4H2,1-3H3,(H,13,14);4H2,1-3H3/t8-;/m0./s1. The topological polar surface area (TPSA) is 98.5 Å². The van der Waals surface area contributed by atoms with Gasteiger partial charge in [0.1, 0.15) is 12.6 Å². The first-order chi connectivity index (χ1) is 9.92. The number of aryl methyl sites for hydroxylation is 1. The molecule has 1 atom stereocenters. The van der Waals surface area contributed by atoms with Crippen molar-refractivity contribution < 1.29 is 24.3 Å². The Kier molecular flexibility index (Phi) is 7.75. The highest BCUT2D eigenvalue weighted by molar-refractivity contribution is 5.73. The van der Waals surface area contributed by atoms with Crippen molar-refractivity contribution in [3.05, 3.63) is 18.2 Å². The molecule has 1 heterocycles. The number of carbonyl (C=O) groups is 2. The van der Waals surface area contributed by atoms with Crippen molar-refractivity contribution >= 4 is 11.9 Å². The number of rotatable bonds is 6. The third-order valence-electron chi connectivity index (χ3n) is 2.67. The normalized spacial score (nSPS) is 12.5. The van der Waals surface area contributed by atoms with Gasteiger partial charge in [0.05, 0.1) is 39.1 Å². The zero-order chi connectivity index (χ0) is 17.5. The minimum atomic E-state index is -1.00. The van der Waals surface area contributed by atoms with Crippen LogP contribution in [0.5, 0.6) is 0 Å². The van der Waals surface area contributed by atoms with Gasteiger partial charge in [-0.15, -0.1) is 0 Å². The molecular weight excluding hydrogens is 288 g/mol. The summed E-state index contributed by atoms with van der Waals surface area (Å²) in [7, 11) is 10.8. The van der Waals surface area contributed by atoms with Crippen molar-refractivity contribution in [2.24, 2.45) is 7.05 Å². The van der Waals surface area contributed by atoms with E-state index in [1.165, 1.54) is 0 Å². The minimum Gasteiger partial charge on any atom is -0.544 e. The summed E-state index contributed by atoms with van der Waals surface area (Å²) >= 11 is 0. The van der Waals surface area contributed by atoms with Gasteiger partial charge in [-0.2, -0.15) is 0 Å². The molecule has 0 amide bonds. The number of carboxylic acid groups (broad SMARTS) is 2. The van der Waals surface area contributed by atoms with E-state index in [9.17, 15) is 14.7 Å². The van der Waals surface area contributed by atoms with Crippen molar-refractivity contribution in [2.75, 3.05) is 41.8 Å². The molecule has 22 heavy (non-hydrogen) atoms. The van der Waals surface area contributed by atoms with E-state index in [4.69, 9.17) is 5.11 Å². The van der Waals surface area contributed by atoms with Crippen LogP contribution < -0.4 is 5.11 Å². The maximum atomic E-state index is 10.9. The Labute approximate surface area is 131 Å². The summed E-state index contributed by atoms with van der Waals surface area (Å²) in [4.78, 5) is 26.5. The van der Waals surface area contributed by atoms with Crippen molar-refractivity contribution in [1.29, 1.82) is 0 Å². The summed E-state index contributed by atoms with van der Waals surface area (Å²) in [6.45, 7) is 0.0694. The Morgan fingerprint density at radius 1 is 1.41 bits per heavy atom. The fourth-order valence-electron chi connectivity index (χ4n) is 1.65. The molecule has 1 aromatic rings. The molecule has 8 heteroatoms. The number of aliphatic carboxylic acids is 2. The van der Waals surface area contributed by atoms with E-state index in [-0.39, 0.29) is 6.54 Å². The van der Waals surface area contributed by atoms with Gasteiger partial charge in [0, 0.05) is 19.7 Å². The second-order valence-electron chi connectivity index (χ2n) is 6.37. The Balaban J connectivity index is 0.000000472. The van der Waals surface area contributed by atoms with Crippen LogP contribution in [0.2, 0.25) is 0 Å². The van der Waals surface area contributed by atoms with Crippen LogP contribution in [0.1, 0.15) is 5.69 Å². The van der Waals surface area contributed by atoms with Crippen LogP contribution in [0.3, 0.4) is 0 Å². The van der Waals surface area contributed by atoms with Gasteiger partial charge in [-0.25, -0.2) is 4.98 Å².